The lowest BCUT2D eigenvalue weighted by Gasteiger charge is -2.41. The van der Waals surface area contributed by atoms with Gasteiger partial charge in [0.15, 0.2) is 0 Å². The number of rotatable bonds is 12. The molecule has 0 aromatic carbocycles. The lowest BCUT2D eigenvalue weighted by molar-refractivity contribution is -0.0824. The quantitative estimate of drug-likeness (QED) is 0.383. The Bertz CT molecular complexity index is 186. The van der Waals surface area contributed by atoms with Gasteiger partial charge in [-0.2, -0.15) is 0 Å². The second-order valence-electron chi connectivity index (χ2n) is 6.38. The number of methoxy groups -OCH3 is 1. The van der Waals surface area contributed by atoms with Crippen molar-refractivity contribution in [1.29, 1.82) is 0 Å². The minimum absolute atomic E-state index is 0.109. The zero-order valence-electron chi connectivity index (χ0n) is 14.4. The molecule has 0 radical (unpaired) electrons. The summed E-state index contributed by atoms with van der Waals surface area (Å²) in [5.74, 6) is 1.43. The first kappa shape index (κ1) is 19.0. The van der Waals surface area contributed by atoms with Gasteiger partial charge in [-0.1, -0.05) is 73.1 Å². The molecule has 116 valence electrons. The SMILES string of the molecule is CCCCCCCCC(C(C)C)C(CC)(CC)OC. The molecule has 0 aliphatic heterocycles. The van der Waals surface area contributed by atoms with E-state index >= 15 is 0 Å². The summed E-state index contributed by atoms with van der Waals surface area (Å²) in [5.41, 5.74) is 0.109. The predicted octanol–water partition coefficient (Wildman–Crippen LogP) is 6.21. The molecule has 1 nitrogen and oxygen atoms in total. The standard InChI is InChI=1S/C18H38O/c1-7-10-11-12-13-14-15-17(16(4)5)18(8-2,9-3)19-6/h16-17H,7-15H2,1-6H3. The van der Waals surface area contributed by atoms with Crippen LogP contribution < -0.4 is 0 Å². The molecule has 1 atom stereocenters. The summed E-state index contributed by atoms with van der Waals surface area (Å²) in [7, 11) is 1.91. The number of ether oxygens (including phenoxy) is 1. The fraction of sp³-hybridized carbons (Fsp3) is 1.00. The van der Waals surface area contributed by atoms with Crippen molar-refractivity contribution < 1.29 is 4.74 Å². The van der Waals surface area contributed by atoms with Crippen molar-refractivity contribution in [3.63, 3.8) is 0 Å². The van der Waals surface area contributed by atoms with E-state index in [4.69, 9.17) is 4.74 Å². The van der Waals surface area contributed by atoms with E-state index in [1.807, 2.05) is 7.11 Å². The Morgan fingerprint density at radius 1 is 0.842 bits per heavy atom. The van der Waals surface area contributed by atoms with Crippen molar-refractivity contribution in [2.24, 2.45) is 11.8 Å². The van der Waals surface area contributed by atoms with Crippen LogP contribution in [0, 0.1) is 11.8 Å². The van der Waals surface area contributed by atoms with Crippen LogP contribution in [0.25, 0.3) is 0 Å². The van der Waals surface area contributed by atoms with E-state index in [-0.39, 0.29) is 5.60 Å². The van der Waals surface area contributed by atoms with Gasteiger partial charge in [0.05, 0.1) is 5.60 Å². The monoisotopic (exact) mass is 270 g/mol. The zero-order chi connectivity index (χ0) is 14.7. The Morgan fingerprint density at radius 3 is 1.79 bits per heavy atom. The van der Waals surface area contributed by atoms with Crippen LogP contribution in [0.1, 0.15) is 92.4 Å². The molecular weight excluding hydrogens is 232 g/mol. The van der Waals surface area contributed by atoms with Crippen LogP contribution in [0.15, 0.2) is 0 Å². The Labute approximate surface area is 122 Å². The molecule has 0 N–H and O–H groups in total. The molecular formula is C18H38O. The van der Waals surface area contributed by atoms with Crippen molar-refractivity contribution in [2.45, 2.75) is 98.0 Å². The Morgan fingerprint density at radius 2 is 1.37 bits per heavy atom. The summed E-state index contributed by atoms with van der Waals surface area (Å²) >= 11 is 0. The first-order valence-electron chi connectivity index (χ1n) is 8.63. The molecule has 0 aliphatic rings. The maximum Gasteiger partial charge on any atom is 0.0704 e. The molecule has 0 aliphatic carbocycles. The average Bonchev–Trinajstić information content (AvgIpc) is 2.42. The van der Waals surface area contributed by atoms with Crippen molar-refractivity contribution in [3.05, 3.63) is 0 Å². The third-order valence-electron chi connectivity index (χ3n) is 4.95. The molecule has 19 heavy (non-hydrogen) atoms. The first-order chi connectivity index (χ1) is 9.07. The zero-order valence-corrected chi connectivity index (χ0v) is 14.4. The highest BCUT2D eigenvalue weighted by Gasteiger charge is 2.36. The topological polar surface area (TPSA) is 9.23 Å². The van der Waals surface area contributed by atoms with E-state index in [2.05, 4.69) is 34.6 Å². The van der Waals surface area contributed by atoms with Crippen LogP contribution in [-0.4, -0.2) is 12.7 Å². The third kappa shape index (κ3) is 6.29. The van der Waals surface area contributed by atoms with E-state index in [9.17, 15) is 0 Å². The summed E-state index contributed by atoms with van der Waals surface area (Å²) in [6.45, 7) is 11.6. The summed E-state index contributed by atoms with van der Waals surface area (Å²) in [4.78, 5) is 0. The van der Waals surface area contributed by atoms with E-state index < -0.39 is 0 Å². The smallest absolute Gasteiger partial charge is 0.0704 e. The maximum atomic E-state index is 5.96. The molecule has 0 spiro atoms. The number of unbranched alkanes of at least 4 members (excludes halogenated alkanes) is 5. The van der Waals surface area contributed by atoms with Crippen LogP contribution >= 0.6 is 0 Å². The summed E-state index contributed by atoms with van der Waals surface area (Å²) in [5, 5.41) is 0. The van der Waals surface area contributed by atoms with Gasteiger partial charge in [-0.15, -0.1) is 0 Å². The molecule has 0 amide bonds. The Balaban J connectivity index is 4.25. The highest BCUT2D eigenvalue weighted by Crippen LogP contribution is 2.37. The van der Waals surface area contributed by atoms with E-state index in [0.29, 0.717) is 5.92 Å². The van der Waals surface area contributed by atoms with Crippen LogP contribution in [0.5, 0.6) is 0 Å². The molecule has 0 bridgehead atoms. The van der Waals surface area contributed by atoms with Gasteiger partial charge in [-0.05, 0) is 31.1 Å². The highest BCUT2D eigenvalue weighted by molar-refractivity contribution is 4.87. The van der Waals surface area contributed by atoms with Crippen LogP contribution in [0.2, 0.25) is 0 Å². The normalized spacial score (nSPS) is 14.1. The van der Waals surface area contributed by atoms with Gasteiger partial charge >= 0.3 is 0 Å². The average molecular weight is 271 g/mol. The second kappa shape index (κ2) is 10.7. The van der Waals surface area contributed by atoms with Gasteiger partial charge in [0.25, 0.3) is 0 Å². The lowest BCUT2D eigenvalue weighted by Crippen LogP contribution is -2.41. The minimum Gasteiger partial charge on any atom is -0.378 e. The van der Waals surface area contributed by atoms with Crippen LogP contribution in [0.4, 0.5) is 0 Å². The van der Waals surface area contributed by atoms with Gasteiger partial charge in [-0.25, -0.2) is 0 Å². The highest BCUT2D eigenvalue weighted by atomic mass is 16.5. The molecule has 0 rings (SSSR count). The van der Waals surface area contributed by atoms with Crippen LogP contribution in [-0.2, 0) is 4.74 Å². The van der Waals surface area contributed by atoms with Gasteiger partial charge in [0.1, 0.15) is 0 Å². The lowest BCUT2D eigenvalue weighted by atomic mass is 9.73. The Kier molecular flexibility index (Phi) is 10.7. The van der Waals surface area contributed by atoms with Crippen molar-refractivity contribution >= 4 is 0 Å². The molecule has 0 aromatic heterocycles. The maximum absolute atomic E-state index is 5.96. The molecule has 0 heterocycles. The molecule has 0 fully saturated rings. The van der Waals surface area contributed by atoms with Gasteiger partial charge in [-0.3, -0.25) is 0 Å². The van der Waals surface area contributed by atoms with Gasteiger partial charge < -0.3 is 4.74 Å². The fourth-order valence-electron chi connectivity index (χ4n) is 3.56. The summed E-state index contributed by atoms with van der Waals surface area (Å²) < 4.78 is 5.96. The molecule has 0 saturated carbocycles. The molecule has 1 heteroatoms. The van der Waals surface area contributed by atoms with E-state index in [1.165, 1.54) is 44.9 Å². The summed E-state index contributed by atoms with van der Waals surface area (Å²) in [6.07, 6.45) is 12.0. The number of hydrogen-bond acceptors (Lipinski definition) is 1. The van der Waals surface area contributed by atoms with E-state index in [1.54, 1.807) is 0 Å². The molecule has 0 aromatic rings. The van der Waals surface area contributed by atoms with Crippen molar-refractivity contribution in [3.8, 4) is 0 Å². The Hall–Kier alpha value is -0.0400. The molecule has 0 saturated heterocycles. The summed E-state index contributed by atoms with van der Waals surface area (Å²) in [6, 6.07) is 0. The van der Waals surface area contributed by atoms with Gasteiger partial charge in [0.2, 0.25) is 0 Å². The van der Waals surface area contributed by atoms with Crippen molar-refractivity contribution in [2.75, 3.05) is 7.11 Å². The van der Waals surface area contributed by atoms with Crippen LogP contribution in [0.3, 0.4) is 0 Å². The number of hydrogen-bond donors (Lipinski definition) is 0. The first-order valence-corrected chi connectivity index (χ1v) is 8.63. The molecule has 1 unspecified atom stereocenters. The van der Waals surface area contributed by atoms with E-state index in [0.717, 1.165) is 18.8 Å². The second-order valence-corrected chi connectivity index (χ2v) is 6.38. The fourth-order valence-corrected chi connectivity index (χ4v) is 3.56. The van der Waals surface area contributed by atoms with Gasteiger partial charge in [0, 0.05) is 7.11 Å². The largest absolute Gasteiger partial charge is 0.378 e. The minimum atomic E-state index is 0.109. The van der Waals surface area contributed by atoms with Crippen molar-refractivity contribution in [1.82, 2.24) is 0 Å². The third-order valence-corrected chi connectivity index (χ3v) is 4.95. The predicted molar refractivity (Wildman–Crippen MR) is 86.6 cm³/mol.